The monoisotopic (exact) mass is 302 g/mol. The van der Waals surface area contributed by atoms with Gasteiger partial charge in [0, 0.05) is 9.77 Å². The minimum atomic E-state index is -0.891. The Labute approximate surface area is 94.1 Å². The summed E-state index contributed by atoms with van der Waals surface area (Å²) in [6, 6.07) is 3.68. The van der Waals surface area contributed by atoms with Crippen molar-refractivity contribution in [1.82, 2.24) is 9.97 Å². The third-order valence-corrected chi connectivity index (χ3v) is 2.64. The van der Waals surface area contributed by atoms with Gasteiger partial charge in [0.25, 0.3) is 0 Å². The molecule has 0 saturated heterocycles. The van der Waals surface area contributed by atoms with Crippen molar-refractivity contribution >= 4 is 22.6 Å². The quantitative estimate of drug-likeness (QED) is 0.859. The van der Waals surface area contributed by atoms with Crippen LogP contribution in [-0.4, -0.2) is 15.1 Å². The Kier molecular flexibility index (Phi) is 2.78. The molecule has 2 heterocycles. The number of aromatic nitrogens is 2. The second-order valence-electron chi connectivity index (χ2n) is 2.64. The maximum absolute atomic E-state index is 9.84. The normalized spacial score (nSPS) is 12.7. The molecule has 14 heavy (non-hydrogen) atoms. The molecule has 1 unspecified atom stereocenters. The number of aliphatic hydroxyl groups excluding tert-OH is 1. The molecule has 0 bridgehead atoms. The molecule has 5 heteroatoms. The van der Waals surface area contributed by atoms with Gasteiger partial charge in [-0.25, -0.2) is 4.98 Å². The Morgan fingerprint density at radius 2 is 2.21 bits per heavy atom. The van der Waals surface area contributed by atoms with Crippen LogP contribution in [0.2, 0.25) is 0 Å². The Hall–Kier alpha value is -0.950. The predicted molar refractivity (Wildman–Crippen MR) is 57.5 cm³/mol. The molecule has 0 radical (unpaired) electrons. The third-order valence-electron chi connectivity index (χ3n) is 1.73. The van der Waals surface area contributed by atoms with Crippen LogP contribution in [-0.2, 0) is 0 Å². The van der Waals surface area contributed by atoms with E-state index in [9.17, 15) is 5.11 Å². The van der Waals surface area contributed by atoms with Crippen LogP contribution in [0.5, 0.6) is 0 Å². The van der Waals surface area contributed by atoms with Crippen LogP contribution in [0.4, 0.5) is 0 Å². The number of halogens is 1. The molecule has 0 fully saturated rings. The highest BCUT2D eigenvalue weighted by atomic mass is 127. The summed E-state index contributed by atoms with van der Waals surface area (Å²) in [5.74, 6) is 0.265. The zero-order valence-electron chi connectivity index (χ0n) is 7.09. The summed E-state index contributed by atoms with van der Waals surface area (Å²) in [5, 5.41) is 9.84. The first-order valence-corrected chi connectivity index (χ1v) is 5.05. The number of hydrogen-bond acceptors (Lipinski definition) is 4. The van der Waals surface area contributed by atoms with Crippen molar-refractivity contribution in [2.45, 2.75) is 6.10 Å². The van der Waals surface area contributed by atoms with Crippen molar-refractivity contribution in [2.24, 2.45) is 0 Å². The molecule has 0 amide bonds. The lowest BCUT2D eigenvalue weighted by Crippen LogP contribution is -2.04. The predicted octanol–water partition coefficient (Wildman–Crippen LogP) is 1.76. The van der Waals surface area contributed by atoms with Gasteiger partial charge in [0.05, 0.1) is 11.9 Å². The summed E-state index contributed by atoms with van der Waals surface area (Å²) in [5.41, 5.74) is 0.565. The Morgan fingerprint density at radius 3 is 2.86 bits per heavy atom. The summed E-state index contributed by atoms with van der Waals surface area (Å²) < 4.78 is 5.89. The molecule has 4 nitrogen and oxygen atoms in total. The molecule has 0 aromatic carbocycles. The first kappa shape index (κ1) is 9.60. The van der Waals surface area contributed by atoms with Gasteiger partial charge < -0.3 is 9.52 Å². The molecule has 0 saturated carbocycles. The lowest BCUT2D eigenvalue weighted by atomic mass is 10.2. The van der Waals surface area contributed by atoms with Crippen LogP contribution in [0.25, 0.3) is 0 Å². The van der Waals surface area contributed by atoms with E-state index in [-0.39, 0.29) is 5.89 Å². The number of hydrogen-bond donors (Lipinski definition) is 1. The van der Waals surface area contributed by atoms with Crippen molar-refractivity contribution in [2.75, 3.05) is 0 Å². The van der Waals surface area contributed by atoms with Gasteiger partial charge in [-0.1, -0.05) is 0 Å². The van der Waals surface area contributed by atoms with E-state index in [1.54, 1.807) is 6.20 Å². The van der Waals surface area contributed by atoms with Crippen molar-refractivity contribution in [3.63, 3.8) is 0 Å². The van der Waals surface area contributed by atoms with Crippen molar-refractivity contribution in [3.8, 4) is 0 Å². The van der Waals surface area contributed by atoms with Gasteiger partial charge in [-0.15, -0.1) is 0 Å². The first-order chi connectivity index (χ1) is 6.79. The third kappa shape index (κ3) is 1.78. The summed E-state index contributed by atoms with van der Waals surface area (Å²) in [6.45, 7) is 0. The number of pyridine rings is 1. The van der Waals surface area contributed by atoms with Gasteiger partial charge in [0.15, 0.2) is 6.10 Å². The Bertz CT molecular complexity index is 417. The van der Waals surface area contributed by atoms with E-state index in [2.05, 4.69) is 32.6 Å². The highest BCUT2D eigenvalue weighted by Gasteiger charge is 2.18. The fourth-order valence-electron chi connectivity index (χ4n) is 1.09. The fourth-order valence-corrected chi connectivity index (χ4v) is 1.73. The van der Waals surface area contributed by atoms with E-state index in [0.717, 1.165) is 3.57 Å². The minimum Gasteiger partial charge on any atom is -0.446 e. The Morgan fingerprint density at radius 1 is 1.36 bits per heavy atom. The van der Waals surface area contributed by atoms with Crippen LogP contribution in [0.1, 0.15) is 17.7 Å². The maximum atomic E-state index is 9.84. The molecule has 1 N–H and O–H groups in total. The van der Waals surface area contributed by atoms with E-state index in [1.807, 2.05) is 12.1 Å². The fraction of sp³-hybridized carbons (Fsp3) is 0.111. The summed E-state index contributed by atoms with van der Waals surface area (Å²) in [7, 11) is 0. The second-order valence-corrected chi connectivity index (χ2v) is 3.81. The molecule has 0 spiro atoms. The SMILES string of the molecule is OC(c1ncco1)c1ncccc1I. The van der Waals surface area contributed by atoms with Gasteiger partial charge >= 0.3 is 0 Å². The van der Waals surface area contributed by atoms with Crippen molar-refractivity contribution < 1.29 is 9.52 Å². The van der Waals surface area contributed by atoms with Crippen LogP contribution >= 0.6 is 22.6 Å². The molecule has 0 aliphatic rings. The maximum Gasteiger partial charge on any atom is 0.229 e. The molecular weight excluding hydrogens is 295 g/mol. The summed E-state index contributed by atoms with van der Waals surface area (Å²) in [4.78, 5) is 7.95. The van der Waals surface area contributed by atoms with Gasteiger partial charge in [0.2, 0.25) is 5.89 Å². The number of nitrogens with zero attached hydrogens (tertiary/aromatic N) is 2. The molecule has 2 aromatic heterocycles. The van der Waals surface area contributed by atoms with Gasteiger partial charge in [-0.05, 0) is 34.7 Å². The molecule has 2 aromatic rings. The minimum absolute atomic E-state index is 0.265. The molecule has 0 aliphatic heterocycles. The van der Waals surface area contributed by atoms with Gasteiger partial charge in [0.1, 0.15) is 6.26 Å². The van der Waals surface area contributed by atoms with Gasteiger partial charge in [-0.3, -0.25) is 4.98 Å². The second kappa shape index (κ2) is 4.05. The first-order valence-electron chi connectivity index (χ1n) is 3.97. The number of aliphatic hydroxyl groups is 1. The number of rotatable bonds is 2. The van der Waals surface area contributed by atoms with E-state index in [0.29, 0.717) is 5.69 Å². The largest absolute Gasteiger partial charge is 0.446 e. The molecule has 1 atom stereocenters. The van der Waals surface area contributed by atoms with E-state index >= 15 is 0 Å². The summed E-state index contributed by atoms with van der Waals surface area (Å²) in [6.07, 6.45) is 3.66. The van der Waals surface area contributed by atoms with Crippen LogP contribution < -0.4 is 0 Å². The molecule has 2 rings (SSSR count). The number of oxazole rings is 1. The lowest BCUT2D eigenvalue weighted by Gasteiger charge is -2.06. The van der Waals surface area contributed by atoms with E-state index < -0.39 is 6.10 Å². The lowest BCUT2D eigenvalue weighted by molar-refractivity contribution is 0.177. The van der Waals surface area contributed by atoms with E-state index in [1.165, 1.54) is 12.5 Å². The average Bonchev–Trinajstić information content (AvgIpc) is 2.70. The Balaban J connectivity index is 2.37. The van der Waals surface area contributed by atoms with Gasteiger partial charge in [-0.2, -0.15) is 0 Å². The standard InChI is InChI=1S/C9H7IN2O2/c10-6-2-1-3-11-7(6)8(13)9-12-4-5-14-9/h1-5,8,13H. The molecule has 0 aliphatic carbocycles. The highest BCUT2D eigenvalue weighted by molar-refractivity contribution is 14.1. The van der Waals surface area contributed by atoms with E-state index in [4.69, 9.17) is 4.42 Å². The van der Waals surface area contributed by atoms with Crippen molar-refractivity contribution in [3.05, 3.63) is 45.9 Å². The average molecular weight is 302 g/mol. The van der Waals surface area contributed by atoms with Crippen LogP contribution in [0, 0.1) is 3.57 Å². The summed E-state index contributed by atoms with van der Waals surface area (Å²) >= 11 is 2.11. The highest BCUT2D eigenvalue weighted by Crippen LogP contribution is 2.22. The van der Waals surface area contributed by atoms with Crippen molar-refractivity contribution in [1.29, 1.82) is 0 Å². The topological polar surface area (TPSA) is 59.2 Å². The zero-order chi connectivity index (χ0) is 9.97. The smallest absolute Gasteiger partial charge is 0.229 e. The zero-order valence-corrected chi connectivity index (χ0v) is 9.25. The molecular formula is C9H7IN2O2. The van der Waals surface area contributed by atoms with Crippen LogP contribution in [0.3, 0.4) is 0 Å². The van der Waals surface area contributed by atoms with Crippen LogP contribution in [0.15, 0.2) is 35.2 Å². The molecule has 72 valence electrons.